The zero-order chi connectivity index (χ0) is 22.0. The molecule has 1 aliphatic rings. The molecule has 1 aliphatic heterocycles. The predicted molar refractivity (Wildman–Crippen MR) is 120 cm³/mol. The van der Waals surface area contributed by atoms with E-state index >= 15 is 0 Å². The summed E-state index contributed by atoms with van der Waals surface area (Å²) >= 11 is 18.9. The highest BCUT2D eigenvalue weighted by atomic mass is 35.5. The molecule has 0 amide bonds. The molecule has 5 nitrogen and oxygen atoms in total. The summed E-state index contributed by atoms with van der Waals surface area (Å²) < 4.78 is 16.7. The molecule has 4 rings (SSSR count). The smallest absolute Gasteiger partial charge is 0.328 e. The number of carboxylic acid groups (broad SMARTS) is 1. The average molecular weight is 478 g/mol. The normalized spacial score (nSPS) is 12.4. The Balaban J connectivity index is 1.71. The highest BCUT2D eigenvalue weighted by Crippen LogP contribution is 2.39. The van der Waals surface area contributed by atoms with E-state index in [1.165, 1.54) is 6.08 Å². The number of halogens is 3. The quantitative estimate of drug-likeness (QED) is 0.393. The first kappa shape index (κ1) is 21.4. The van der Waals surface area contributed by atoms with E-state index in [2.05, 4.69) is 0 Å². The van der Waals surface area contributed by atoms with Crippen LogP contribution in [0.1, 0.15) is 16.7 Å². The van der Waals surface area contributed by atoms with E-state index in [9.17, 15) is 4.79 Å². The maximum Gasteiger partial charge on any atom is 0.328 e. The van der Waals surface area contributed by atoms with Crippen molar-refractivity contribution in [3.63, 3.8) is 0 Å². The van der Waals surface area contributed by atoms with Gasteiger partial charge in [-0.05, 0) is 59.5 Å². The Morgan fingerprint density at radius 3 is 2.39 bits per heavy atom. The maximum absolute atomic E-state index is 11.0. The van der Waals surface area contributed by atoms with E-state index in [-0.39, 0.29) is 6.79 Å². The topological polar surface area (TPSA) is 65.0 Å². The van der Waals surface area contributed by atoms with Crippen LogP contribution in [0.3, 0.4) is 0 Å². The largest absolute Gasteiger partial charge is 0.478 e. The molecule has 0 aromatic heterocycles. The van der Waals surface area contributed by atoms with Crippen LogP contribution in [0.15, 0.2) is 54.6 Å². The van der Waals surface area contributed by atoms with E-state index in [4.69, 9.17) is 54.1 Å². The molecule has 0 fully saturated rings. The summed E-state index contributed by atoms with van der Waals surface area (Å²) in [5.41, 5.74) is 2.29. The van der Waals surface area contributed by atoms with Gasteiger partial charge < -0.3 is 19.3 Å². The van der Waals surface area contributed by atoms with Crippen molar-refractivity contribution >= 4 is 46.8 Å². The fourth-order valence-electron chi connectivity index (χ4n) is 3.12. The molecule has 3 aromatic rings. The molecule has 1 heterocycles. The minimum absolute atomic E-state index is 0.142. The zero-order valence-electron chi connectivity index (χ0n) is 15.9. The van der Waals surface area contributed by atoms with Gasteiger partial charge >= 0.3 is 5.97 Å². The lowest BCUT2D eigenvalue weighted by Crippen LogP contribution is -1.96. The minimum atomic E-state index is -1.05. The third-order valence-electron chi connectivity index (χ3n) is 4.58. The summed E-state index contributed by atoms with van der Waals surface area (Å²) in [5, 5.41) is 10.3. The number of fused-ring (bicyclic) bond motifs is 1. The van der Waals surface area contributed by atoms with E-state index in [0.29, 0.717) is 50.1 Å². The van der Waals surface area contributed by atoms with Gasteiger partial charge in [0.15, 0.2) is 17.2 Å². The average Bonchev–Trinajstić information content (AvgIpc) is 3.17. The van der Waals surface area contributed by atoms with Crippen molar-refractivity contribution in [3.8, 4) is 23.0 Å². The van der Waals surface area contributed by atoms with Gasteiger partial charge in [-0.1, -0.05) is 46.9 Å². The van der Waals surface area contributed by atoms with Gasteiger partial charge in [0.05, 0.1) is 10.0 Å². The Bertz CT molecular complexity index is 1170. The second-order valence-electron chi connectivity index (χ2n) is 6.66. The molecular formula is C23H15Cl3O5. The number of rotatable bonds is 6. The van der Waals surface area contributed by atoms with E-state index < -0.39 is 5.97 Å². The number of benzene rings is 3. The van der Waals surface area contributed by atoms with E-state index in [1.54, 1.807) is 42.5 Å². The molecule has 0 aliphatic carbocycles. The molecule has 0 spiro atoms. The lowest BCUT2D eigenvalue weighted by molar-refractivity contribution is -0.131. The Hall–Kier alpha value is -2.86. The molecule has 1 N–H and O–H groups in total. The van der Waals surface area contributed by atoms with Crippen LogP contribution in [0.2, 0.25) is 15.1 Å². The van der Waals surface area contributed by atoms with Crippen molar-refractivity contribution in [3.05, 3.63) is 86.4 Å². The van der Waals surface area contributed by atoms with Gasteiger partial charge in [-0.2, -0.15) is 0 Å². The van der Waals surface area contributed by atoms with Crippen LogP contribution in [0.25, 0.3) is 6.08 Å². The van der Waals surface area contributed by atoms with Crippen LogP contribution < -0.4 is 14.2 Å². The van der Waals surface area contributed by atoms with Gasteiger partial charge in [0, 0.05) is 17.2 Å². The SMILES string of the molecule is O=C(O)/C=C\c1ccc(Oc2c(Cl)cccc2Cl)cc1Cc1cc2c(cc1Cl)OCO2. The van der Waals surface area contributed by atoms with Crippen LogP contribution in [-0.2, 0) is 11.2 Å². The predicted octanol–water partition coefficient (Wildman–Crippen LogP) is 6.86. The Morgan fingerprint density at radius 2 is 1.68 bits per heavy atom. The van der Waals surface area contributed by atoms with Crippen molar-refractivity contribution in [2.24, 2.45) is 0 Å². The fraction of sp³-hybridized carbons (Fsp3) is 0.0870. The van der Waals surface area contributed by atoms with Crippen LogP contribution >= 0.6 is 34.8 Å². The van der Waals surface area contributed by atoms with Gasteiger partial charge in [0.2, 0.25) is 6.79 Å². The summed E-state index contributed by atoms with van der Waals surface area (Å²) in [6.45, 7) is 0.142. The lowest BCUT2D eigenvalue weighted by atomic mass is 9.98. The van der Waals surface area contributed by atoms with Crippen molar-refractivity contribution in [2.75, 3.05) is 6.79 Å². The van der Waals surface area contributed by atoms with E-state index in [1.807, 2.05) is 6.07 Å². The number of hydrogen-bond acceptors (Lipinski definition) is 4. The first-order chi connectivity index (χ1) is 14.9. The first-order valence-corrected chi connectivity index (χ1v) is 10.3. The van der Waals surface area contributed by atoms with Crippen molar-refractivity contribution < 1.29 is 24.1 Å². The van der Waals surface area contributed by atoms with Gasteiger partial charge in [0.25, 0.3) is 0 Å². The molecular weight excluding hydrogens is 463 g/mol. The van der Waals surface area contributed by atoms with Crippen LogP contribution in [0.4, 0.5) is 0 Å². The second-order valence-corrected chi connectivity index (χ2v) is 7.88. The number of hydrogen-bond donors (Lipinski definition) is 1. The molecule has 0 bridgehead atoms. The van der Waals surface area contributed by atoms with Gasteiger partial charge in [-0.15, -0.1) is 0 Å². The molecule has 0 atom stereocenters. The van der Waals surface area contributed by atoms with Gasteiger partial charge in [-0.3, -0.25) is 0 Å². The summed E-state index contributed by atoms with van der Waals surface area (Å²) in [4.78, 5) is 11.0. The highest BCUT2D eigenvalue weighted by molar-refractivity contribution is 6.37. The molecule has 3 aromatic carbocycles. The highest BCUT2D eigenvalue weighted by Gasteiger charge is 2.18. The summed E-state index contributed by atoms with van der Waals surface area (Å²) in [7, 11) is 0. The van der Waals surface area contributed by atoms with Crippen molar-refractivity contribution in [1.82, 2.24) is 0 Å². The fourth-order valence-corrected chi connectivity index (χ4v) is 3.82. The van der Waals surface area contributed by atoms with Crippen LogP contribution in [0.5, 0.6) is 23.0 Å². The third-order valence-corrected chi connectivity index (χ3v) is 5.53. The Kier molecular flexibility index (Phi) is 6.28. The third kappa shape index (κ3) is 4.90. The van der Waals surface area contributed by atoms with Gasteiger partial charge in [-0.25, -0.2) is 4.79 Å². The number of ether oxygens (including phenoxy) is 3. The minimum Gasteiger partial charge on any atom is -0.478 e. The van der Waals surface area contributed by atoms with Crippen LogP contribution in [-0.4, -0.2) is 17.9 Å². The number of aliphatic carboxylic acids is 1. The molecule has 8 heteroatoms. The maximum atomic E-state index is 11.0. The van der Waals surface area contributed by atoms with Gasteiger partial charge in [0.1, 0.15) is 5.75 Å². The number of carbonyl (C=O) groups is 1. The summed E-state index contributed by atoms with van der Waals surface area (Å²) in [6, 6.07) is 13.9. The zero-order valence-corrected chi connectivity index (χ0v) is 18.2. The lowest BCUT2D eigenvalue weighted by Gasteiger charge is -2.13. The summed E-state index contributed by atoms with van der Waals surface area (Å²) in [5.74, 6) is 0.985. The summed E-state index contributed by atoms with van der Waals surface area (Å²) in [6.07, 6.45) is 3.00. The van der Waals surface area contributed by atoms with E-state index in [0.717, 1.165) is 17.2 Å². The molecule has 31 heavy (non-hydrogen) atoms. The van der Waals surface area contributed by atoms with Crippen molar-refractivity contribution in [1.29, 1.82) is 0 Å². The molecule has 0 saturated heterocycles. The Labute approximate surface area is 193 Å². The molecule has 158 valence electrons. The monoisotopic (exact) mass is 476 g/mol. The second kappa shape index (κ2) is 9.10. The molecule has 0 saturated carbocycles. The van der Waals surface area contributed by atoms with Crippen LogP contribution in [0, 0.1) is 0 Å². The standard InChI is InChI=1S/C23H15Cl3O5/c24-17-2-1-3-18(25)23(17)31-16-6-4-13(5-7-22(27)28)14(9-16)8-15-10-20-21(11-19(15)26)30-12-29-20/h1-7,9-11H,8,12H2,(H,27,28)/b7-5-. The first-order valence-electron chi connectivity index (χ1n) is 9.14. The molecule has 0 unspecified atom stereocenters. The number of carboxylic acids is 1. The molecule has 0 radical (unpaired) electrons. The Morgan fingerprint density at radius 1 is 0.968 bits per heavy atom. The number of para-hydroxylation sites is 1. The van der Waals surface area contributed by atoms with Crippen molar-refractivity contribution in [2.45, 2.75) is 6.42 Å².